The SMILES string of the molecule is CNc1nc(Nc2cc(Cl)ccc2C)c(Cl)cc1Cl. The van der Waals surface area contributed by atoms with Crippen LogP contribution in [0.2, 0.25) is 15.1 Å². The van der Waals surface area contributed by atoms with E-state index in [9.17, 15) is 0 Å². The van der Waals surface area contributed by atoms with E-state index in [2.05, 4.69) is 15.6 Å². The van der Waals surface area contributed by atoms with Crippen LogP contribution in [0.5, 0.6) is 0 Å². The van der Waals surface area contributed by atoms with Crippen LogP contribution in [0.3, 0.4) is 0 Å². The molecule has 1 aromatic carbocycles. The lowest BCUT2D eigenvalue weighted by atomic mass is 10.2. The molecule has 19 heavy (non-hydrogen) atoms. The largest absolute Gasteiger partial charge is 0.372 e. The lowest BCUT2D eigenvalue weighted by Gasteiger charge is -2.12. The van der Waals surface area contributed by atoms with Crippen LogP contribution in [0, 0.1) is 6.92 Å². The van der Waals surface area contributed by atoms with Crippen molar-refractivity contribution < 1.29 is 0 Å². The molecule has 1 aromatic heterocycles. The number of anilines is 3. The average molecular weight is 317 g/mol. The van der Waals surface area contributed by atoms with Gasteiger partial charge in [-0.05, 0) is 30.7 Å². The molecular weight excluding hydrogens is 305 g/mol. The molecule has 0 aliphatic carbocycles. The van der Waals surface area contributed by atoms with E-state index in [1.807, 2.05) is 25.1 Å². The number of hydrogen-bond donors (Lipinski definition) is 2. The number of rotatable bonds is 3. The summed E-state index contributed by atoms with van der Waals surface area (Å²) in [5, 5.41) is 7.63. The van der Waals surface area contributed by atoms with Crippen LogP contribution in [0.1, 0.15) is 5.56 Å². The fourth-order valence-electron chi connectivity index (χ4n) is 1.59. The summed E-state index contributed by atoms with van der Waals surface area (Å²) in [5.41, 5.74) is 1.90. The molecule has 0 radical (unpaired) electrons. The summed E-state index contributed by atoms with van der Waals surface area (Å²) < 4.78 is 0. The quantitative estimate of drug-likeness (QED) is 0.823. The first kappa shape index (κ1) is 14.3. The molecule has 0 aliphatic heterocycles. The van der Waals surface area contributed by atoms with Crippen LogP contribution in [0.4, 0.5) is 17.3 Å². The van der Waals surface area contributed by atoms with Gasteiger partial charge in [-0.1, -0.05) is 40.9 Å². The molecule has 0 aliphatic rings. The van der Waals surface area contributed by atoms with Crippen LogP contribution < -0.4 is 10.6 Å². The van der Waals surface area contributed by atoms with E-state index in [0.29, 0.717) is 26.7 Å². The minimum absolute atomic E-state index is 0.448. The zero-order valence-corrected chi connectivity index (χ0v) is 12.7. The van der Waals surface area contributed by atoms with Crippen LogP contribution in [-0.2, 0) is 0 Å². The number of nitrogens with zero attached hydrogens (tertiary/aromatic N) is 1. The first-order valence-electron chi connectivity index (χ1n) is 5.58. The Bertz CT molecular complexity index is 614. The molecule has 0 saturated carbocycles. The van der Waals surface area contributed by atoms with Gasteiger partial charge in [0, 0.05) is 17.8 Å². The zero-order valence-electron chi connectivity index (χ0n) is 10.4. The van der Waals surface area contributed by atoms with Gasteiger partial charge in [-0.3, -0.25) is 0 Å². The molecule has 0 bridgehead atoms. The number of aromatic nitrogens is 1. The van der Waals surface area contributed by atoms with Gasteiger partial charge in [-0.2, -0.15) is 0 Å². The van der Waals surface area contributed by atoms with Crippen molar-refractivity contribution in [3.8, 4) is 0 Å². The third-order valence-corrected chi connectivity index (χ3v) is 3.43. The van der Waals surface area contributed by atoms with Gasteiger partial charge < -0.3 is 10.6 Å². The second kappa shape index (κ2) is 5.87. The summed E-state index contributed by atoms with van der Waals surface area (Å²) in [6, 6.07) is 7.22. The van der Waals surface area contributed by atoms with E-state index in [0.717, 1.165) is 11.3 Å². The molecule has 2 N–H and O–H groups in total. The predicted octanol–water partition coefficient (Wildman–Crippen LogP) is 5.14. The van der Waals surface area contributed by atoms with Crippen molar-refractivity contribution in [2.24, 2.45) is 0 Å². The van der Waals surface area contributed by atoms with Gasteiger partial charge in [0.25, 0.3) is 0 Å². The fourth-order valence-corrected chi connectivity index (χ4v) is 2.26. The van der Waals surface area contributed by atoms with Gasteiger partial charge in [0.05, 0.1) is 10.0 Å². The highest BCUT2D eigenvalue weighted by Crippen LogP contribution is 2.32. The number of halogens is 3. The fraction of sp³-hybridized carbons (Fsp3) is 0.154. The highest BCUT2D eigenvalue weighted by Gasteiger charge is 2.10. The van der Waals surface area contributed by atoms with Crippen LogP contribution in [0.25, 0.3) is 0 Å². The first-order chi connectivity index (χ1) is 9.01. The third kappa shape index (κ3) is 3.24. The maximum atomic E-state index is 6.13. The molecule has 2 aromatic rings. The molecule has 3 nitrogen and oxygen atoms in total. The number of nitrogens with one attached hydrogen (secondary N) is 2. The Balaban J connectivity index is 2.40. The van der Waals surface area contributed by atoms with Crippen LogP contribution >= 0.6 is 34.8 Å². The highest BCUT2D eigenvalue weighted by atomic mass is 35.5. The second-order valence-electron chi connectivity index (χ2n) is 3.98. The Kier molecular flexibility index (Phi) is 4.40. The highest BCUT2D eigenvalue weighted by molar-refractivity contribution is 6.37. The second-order valence-corrected chi connectivity index (χ2v) is 5.23. The van der Waals surface area contributed by atoms with E-state index < -0.39 is 0 Å². The molecule has 0 unspecified atom stereocenters. The molecular formula is C13H12Cl3N3. The van der Waals surface area contributed by atoms with Crippen molar-refractivity contribution in [2.45, 2.75) is 6.92 Å². The maximum absolute atomic E-state index is 6.13. The molecule has 2 rings (SSSR count). The normalized spacial score (nSPS) is 10.4. The third-order valence-electron chi connectivity index (χ3n) is 2.62. The predicted molar refractivity (Wildman–Crippen MR) is 83.3 cm³/mol. The monoisotopic (exact) mass is 315 g/mol. The molecule has 0 amide bonds. The smallest absolute Gasteiger partial charge is 0.151 e. The Labute approximate surface area is 126 Å². The summed E-state index contributed by atoms with van der Waals surface area (Å²) in [6.07, 6.45) is 0. The van der Waals surface area contributed by atoms with Gasteiger partial charge in [0.2, 0.25) is 0 Å². The first-order valence-corrected chi connectivity index (χ1v) is 6.71. The van der Waals surface area contributed by atoms with Crippen molar-refractivity contribution >= 4 is 52.1 Å². The van der Waals surface area contributed by atoms with Crippen molar-refractivity contribution in [1.82, 2.24) is 4.98 Å². The summed E-state index contributed by atoms with van der Waals surface area (Å²) in [5.74, 6) is 1.09. The van der Waals surface area contributed by atoms with Crippen molar-refractivity contribution in [1.29, 1.82) is 0 Å². The number of aryl methyl sites for hydroxylation is 1. The minimum Gasteiger partial charge on any atom is -0.372 e. The van der Waals surface area contributed by atoms with Crippen molar-refractivity contribution in [3.63, 3.8) is 0 Å². The summed E-state index contributed by atoms with van der Waals surface area (Å²) in [7, 11) is 1.75. The molecule has 0 saturated heterocycles. The minimum atomic E-state index is 0.448. The van der Waals surface area contributed by atoms with Gasteiger partial charge in [0.1, 0.15) is 5.82 Å². The van der Waals surface area contributed by atoms with E-state index in [1.54, 1.807) is 13.1 Å². The number of benzene rings is 1. The maximum Gasteiger partial charge on any atom is 0.151 e. The van der Waals surface area contributed by atoms with E-state index in [-0.39, 0.29) is 0 Å². The number of pyridine rings is 1. The standard InChI is InChI=1S/C13H12Cl3N3/c1-7-3-4-8(14)5-11(7)18-13-10(16)6-9(15)12(17-2)19-13/h3-6H,1-2H3,(H2,17,18,19). The molecule has 0 fully saturated rings. The molecule has 0 spiro atoms. The van der Waals surface area contributed by atoms with Gasteiger partial charge in [0.15, 0.2) is 5.82 Å². The summed E-state index contributed by atoms with van der Waals surface area (Å²) in [6.45, 7) is 1.97. The lowest BCUT2D eigenvalue weighted by Crippen LogP contribution is -2.00. The Morgan fingerprint density at radius 3 is 2.37 bits per heavy atom. The van der Waals surface area contributed by atoms with E-state index in [4.69, 9.17) is 34.8 Å². The van der Waals surface area contributed by atoms with Gasteiger partial charge in [-0.15, -0.1) is 0 Å². The molecule has 6 heteroatoms. The zero-order chi connectivity index (χ0) is 14.0. The van der Waals surface area contributed by atoms with Crippen LogP contribution in [-0.4, -0.2) is 12.0 Å². The van der Waals surface area contributed by atoms with Gasteiger partial charge >= 0.3 is 0 Å². The summed E-state index contributed by atoms with van der Waals surface area (Å²) in [4.78, 5) is 4.33. The van der Waals surface area contributed by atoms with E-state index >= 15 is 0 Å². The number of hydrogen-bond acceptors (Lipinski definition) is 3. The summed E-state index contributed by atoms with van der Waals surface area (Å²) >= 11 is 18.1. The topological polar surface area (TPSA) is 37.0 Å². The van der Waals surface area contributed by atoms with Crippen molar-refractivity contribution in [2.75, 3.05) is 17.7 Å². The molecule has 1 heterocycles. The van der Waals surface area contributed by atoms with Gasteiger partial charge in [-0.25, -0.2) is 4.98 Å². The Morgan fingerprint density at radius 2 is 1.68 bits per heavy atom. The van der Waals surface area contributed by atoms with E-state index in [1.165, 1.54) is 0 Å². The molecule has 100 valence electrons. The Morgan fingerprint density at radius 1 is 1.00 bits per heavy atom. The average Bonchev–Trinajstić information content (AvgIpc) is 2.37. The molecule has 0 atom stereocenters. The Hall–Kier alpha value is -1.16. The lowest BCUT2D eigenvalue weighted by molar-refractivity contribution is 1.27. The van der Waals surface area contributed by atoms with Crippen LogP contribution in [0.15, 0.2) is 24.3 Å². The van der Waals surface area contributed by atoms with Crippen molar-refractivity contribution in [3.05, 3.63) is 44.9 Å².